The van der Waals surface area contributed by atoms with Crippen molar-refractivity contribution in [3.05, 3.63) is 30.3 Å². The Kier molecular flexibility index (Phi) is 7.86. The van der Waals surface area contributed by atoms with Gasteiger partial charge in [-0.2, -0.15) is 0 Å². The summed E-state index contributed by atoms with van der Waals surface area (Å²) < 4.78 is 22.4. The van der Waals surface area contributed by atoms with Crippen LogP contribution in [0, 0.1) is 0 Å². The van der Waals surface area contributed by atoms with Gasteiger partial charge in [-0.25, -0.2) is 0 Å². The quantitative estimate of drug-likeness (QED) is 0.235. The first-order chi connectivity index (χ1) is 14.7. The summed E-state index contributed by atoms with van der Waals surface area (Å²) in [6.07, 6.45) is -13.2. The SMILES string of the molecule is CCC1(Oc2ccccc2)O[C@H](CO[C@@H]2O[C@H](CO)[C@@H](O)[C@H](O)[C@H]2O)[C@@H](O)[C@H](O)[C@H]1O. The average molecular weight is 446 g/mol. The minimum Gasteiger partial charge on any atom is -0.459 e. The third-order valence-corrected chi connectivity index (χ3v) is 5.66. The van der Waals surface area contributed by atoms with Crippen molar-refractivity contribution in [1.29, 1.82) is 0 Å². The smallest absolute Gasteiger partial charge is 0.239 e. The summed E-state index contributed by atoms with van der Waals surface area (Å²) in [4.78, 5) is 0. The number of hydrogen-bond acceptors (Lipinski definition) is 11. The molecule has 7 N–H and O–H groups in total. The van der Waals surface area contributed by atoms with E-state index in [9.17, 15) is 35.7 Å². The molecule has 2 fully saturated rings. The van der Waals surface area contributed by atoms with E-state index in [1.165, 1.54) is 0 Å². The highest BCUT2D eigenvalue weighted by atomic mass is 16.7. The maximum absolute atomic E-state index is 10.6. The Balaban J connectivity index is 1.73. The van der Waals surface area contributed by atoms with Gasteiger partial charge in [0.15, 0.2) is 6.29 Å². The zero-order valence-corrected chi connectivity index (χ0v) is 17.0. The summed E-state index contributed by atoms with van der Waals surface area (Å²) in [5, 5.41) is 70.5. The third kappa shape index (κ3) is 4.86. The largest absolute Gasteiger partial charge is 0.459 e. The Hall–Kier alpha value is -1.38. The van der Waals surface area contributed by atoms with E-state index in [0.29, 0.717) is 5.75 Å². The summed E-state index contributed by atoms with van der Waals surface area (Å²) in [7, 11) is 0. The first-order valence-electron chi connectivity index (χ1n) is 10.1. The van der Waals surface area contributed by atoms with Crippen LogP contribution in [0.2, 0.25) is 0 Å². The zero-order valence-electron chi connectivity index (χ0n) is 17.0. The second-order valence-corrected chi connectivity index (χ2v) is 7.69. The number of hydrogen-bond donors (Lipinski definition) is 7. The molecule has 0 aliphatic carbocycles. The molecule has 0 bridgehead atoms. The lowest BCUT2D eigenvalue weighted by molar-refractivity contribution is -0.354. The lowest BCUT2D eigenvalue weighted by Gasteiger charge is -2.48. The molecular formula is C20H30O11. The molecule has 0 spiro atoms. The van der Waals surface area contributed by atoms with Crippen molar-refractivity contribution in [1.82, 2.24) is 0 Å². The van der Waals surface area contributed by atoms with Crippen LogP contribution in [-0.4, -0.2) is 110 Å². The molecule has 11 heteroatoms. The van der Waals surface area contributed by atoms with E-state index >= 15 is 0 Å². The van der Waals surface area contributed by atoms with Gasteiger partial charge >= 0.3 is 0 Å². The fourth-order valence-electron chi connectivity index (χ4n) is 3.73. The van der Waals surface area contributed by atoms with Gasteiger partial charge in [-0.3, -0.25) is 0 Å². The Morgan fingerprint density at radius 2 is 1.52 bits per heavy atom. The topological polar surface area (TPSA) is 179 Å². The second-order valence-electron chi connectivity index (χ2n) is 7.69. The van der Waals surface area contributed by atoms with Crippen molar-refractivity contribution < 1.29 is 54.7 Å². The van der Waals surface area contributed by atoms with Crippen LogP contribution in [0.3, 0.4) is 0 Å². The van der Waals surface area contributed by atoms with Crippen molar-refractivity contribution in [2.45, 2.75) is 74.3 Å². The highest BCUT2D eigenvalue weighted by Gasteiger charge is 2.55. The Labute approximate surface area is 179 Å². The summed E-state index contributed by atoms with van der Waals surface area (Å²) in [5.74, 6) is -1.32. The highest BCUT2D eigenvalue weighted by Crippen LogP contribution is 2.35. The van der Waals surface area contributed by atoms with Gasteiger partial charge in [0.1, 0.15) is 54.6 Å². The first-order valence-corrected chi connectivity index (χ1v) is 10.1. The molecule has 1 aromatic carbocycles. The maximum Gasteiger partial charge on any atom is 0.239 e. The Bertz CT molecular complexity index is 689. The lowest BCUT2D eigenvalue weighted by Crippen LogP contribution is -2.67. The molecule has 0 aromatic heterocycles. The Morgan fingerprint density at radius 1 is 0.871 bits per heavy atom. The molecule has 2 saturated heterocycles. The van der Waals surface area contributed by atoms with E-state index in [-0.39, 0.29) is 6.42 Å². The third-order valence-electron chi connectivity index (χ3n) is 5.66. The molecule has 10 atom stereocenters. The van der Waals surface area contributed by atoms with E-state index in [0.717, 1.165) is 0 Å². The molecule has 31 heavy (non-hydrogen) atoms. The normalized spacial score (nSPS) is 43.5. The maximum atomic E-state index is 10.6. The van der Waals surface area contributed by atoms with Gasteiger partial charge in [-0.1, -0.05) is 25.1 Å². The van der Waals surface area contributed by atoms with Gasteiger partial charge in [0.2, 0.25) is 5.79 Å². The van der Waals surface area contributed by atoms with Crippen LogP contribution < -0.4 is 4.74 Å². The van der Waals surface area contributed by atoms with Crippen LogP contribution in [0.25, 0.3) is 0 Å². The molecule has 0 amide bonds. The standard InChI is InChI=1S/C20H30O11/c1-2-20(30-10-6-4-3-5-7-10)18(27)16(25)14(23)12(31-20)9-28-19-17(26)15(24)13(22)11(8-21)29-19/h3-7,11-19,21-27H,2,8-9H2,1H3/t11-,12-,13-,14-,15+,16+,17-,18-,19-,20?/m1/s1. The summed E-state index contributed by atoms with van der Waals surface area (Å²) in [6.45, 7) is 0.627. The summed E-state index contributed by atoms with van der Waals surface area (Å²) in [5.41, 5.74) is 0. The fourth-order valence-corrected chi connectivity index (χ4v) is 3.73. The molecule has 0 saturated carbocycles. The van der Waals surface area contributed by atoms with Crippen molar-refractivity contribution in [3.8, 4) is 5.75 Å². The van der Waals surface area contributed by atoms with Crippen molar-refractivity contribution in [3.63, 3.8) is 0 Å². The van der Waals surface area contributed by atoms with Crippen molar-refractivity contribution in [2.75, 3.05) is 13.2 Å². The molecular weight excluding hydrogens is 416 g/mol. The van der Waals surface area contributed by atoms with Gasteiger partial charge in [0.05, 0.1) is 13.2 Å². The predicted octanol–water partition coefficient (Wildman–Crippen LogP) is -2.53. The molecule has 11 nitrogen and oxygen atoms in total. The number of aliphatic hydroxyl groups is 7. The van der Waals surface area contributed by atoms with Crippen LogP contribution in [0.1, 0.15) is 13.3 Å². The first kappa shape index (κ1) is 24.3. The molecule has 2 aliphatic heterocycles. The number of benzene rings is 1. The zero-order chi connectivity index (χ0) is 22.8. The number of rotatable bonds is 7. The van der Waals surface area contributed by atoms with Gasteiger partial charge in [0, 0.05) is 6.42 Å². The Morgan fingerprint density at radius 3 is 2.13 bits per heavy atom. The van der Waals surface area contributed by atoms with Crippen molar-refractivity contribution in [2.24, 2.45) is 0 Å². The number of aliphatic hydroxyl groups excluding tert-OH is 7. The van der Waals surface area contributed by atoms with Crippen LogP contribution in [0.4, 0.5) is 0 Å². The van der Waals surface area contributed by atoms with Gasteiger partial charge in [-0.05, 0) is 12.1 Å². The molecule has 2 heterocycles. The minimum absolute atomic E-state index is 0.114. The van der Waals surface area contributed by atoms with Gasteiger partial charge < -0.3 is 54.7 Å². The minimum atomic E-state index is -1.69. The number of ether oxygens (including phenoxy) is 4. The fraction of sp³-hybridized carbons (Fsp3) is 0.700. The van der Waals surface area contributed by atoms with E-state index in [2.05, 4.69) is 0 Å². The molecule has 2 aliphatic rings. The highest BCUT2D eigenvalue weighted by molar-refractivity contribution is 5.22. The van der Waals surface area contributed by atoms with Crippen LogP contribution in [-0.2, 0) is 14.2 Å². The molecule has 176 valence electrons. The van der Waals surface area contributed by atoms with E-state index in [1.54, 1.807) is 37.3 Å². The van der Waals surface area contributed by atoms with Crippen LogP contribution in [0.15, 0.2) is 30.3 Å². The van der Waals surface area contributed by atoms with Crippen LogP contribution in [0.5, 0.6) is 5.75 Å². The van der Waals surface area contributed by atoms with Gasteiger partial charge in [-0.15, -0.1) is 0 Å². The predicted molar refractivity (Wildman–Crippen MR) is 103 cm³/mol. The summed E-state index contributed by atoms with van der Waals surface area (Å²) in [6, 6.07) is 8.51. The second kappa shape index (κ2) is 10.0. The molecule has 1 unspecified atom stereocenters. The molecule has 3 rings (SSSR count). The molecule has 0 radical (unpaired) electrons. The van der Waals surface area contributed by atoms with Crippen LogP contribution >= 0.6 is 0 Å². The molecule has 1 aromatic rings. The monoisotopic (exact) mass is 446 g/mol. The number of para-hydroxylation sites is 1. The van der Waals surface area contributed by atoms with Gasteiger partial charge in [0.25, 0.3) is 0 Å². The van der Waals surface area contributed by atoms with E-state index < -0.39 is 74.1 Å². The average Bonchev–Trinajstić information content (AvgIpc) is 2.79. The van der Waals surface area contributed by atoms with Crippen molar-refractivity contribution >= 4 is 0 Å². The van der Waals surface area contributed by atoms with E-state index in [4.69, 9.17) is 18.9 Å². The lowest BCUT2D eigenvalue weighted by atomic mass is 9.91. The summed E-state index contributed by atoms with van der Waals surface area (Å²) >= 11 is 0. The van der Waals surface area contributed by atoms with E-state index in [1.807, 2.05) is 0 Å².